The van der Waals surface area contributed by atoms with Crippen LogP contribution in [0, 0.1) is 11.8 Å². The molecule has 6 heteroatoms. The zero-order valence-electron chi connectivity index (χ0n) is 17.8. The van der Waals surface area contributed by atoms with Crippen LogP contribution in [0.3, 0.4) is 0 Å². The number of fused-ring (bicyclic) bond motifs is 1. The van der Waals surface area contributed by atoms with E-state index in [-0.39, 0.29) is 17.7 Å². The van der Waals surface area contributed by atoms with E-state index in [0.717, 1.165) is 48.3 Å². The maximum Gasteiger partial charge on any atom is 0.246 e. The van der Waals surface area contributed by atoms with Gasteiger partial charge in [0.25, 0.3) is 0 Å². The van der Waals surface area contributed by atoms with Gasteiger partial charge < -0.3 is 14.2 Å². The van der Waals surface area contributed by atoms with E-state index in [1.165, 1.54) is 0 Å². The number of hydrazone groups is 1. The van der Waals surface area contributed by atoms with Gasteiger partial charge in [0.05, 0.1) is 33.6 Å². The first-order valence-corrected chi connectivity index (χ1v) is 10.4. The van der Waals surface area contributed by atoms with Crippen molar-refractivity contribution in [1.29, 1.82) is 0 Å². The molecule has 4 rings (SSSR count). The molecule has 1 aliphatic carbocycles. The van der Waals surface area contributed by atoms with Gasteiger partial charge in [-0.2, -0.15) is 5.10 Å². The molecular formula is C24H28N2O4. The monoisotopic (exact) mass is 408 g/mol. The van der Waals surface area contributed by atoms with Crippen molar-refractivity contribution < 1.29 is 19.0 Å². The van der Waals surface area contributed by atoms with Crippen LogP contribution < -0.4 is 14.2 Å². The van der Waals surface area contributed by atoms with Crippen LogP contribution in [0.1, 0.15) is 36.8 Å². The Balaban J connectivity index is 1.70. The molecule has 0 aromatic heterocycles. The number of carbonyl (C=O) groups is 1. The van der Waals surface area contributed by atoms with E-state index in [1.807, 2.05) is 42.5 Å². The summed E-state index contributed by atoms with van der Waals surface area (Å²) in [6, 6.07) is 13.6. The largest absolute Gasteiger partial charge is 0.497 e. The minimum absolute atomic E-state index is 0.0161. The standard InChI is InChI=1S/C24H28N2O4/c1-28-18-11-8-16(9-12-18)15-26-24(27)20-7-5-4-6-19(20)23(25-26)17-10-13-21(29-2)22(14-17)30-3/h8-14,19-20H,4-7,15H2,1-3H3/t19-,20+/m1/s1. The average molecular weight is 408 g/mol. The van der Waals surface area contributed by atoms with Crippen molar-refractivity contribution in [3.63, 3.8) is 0 Å². The minimum Gasteiger partial charge on any atom is -0.497 e. The second-order valence-electron chi connectivity index (χ2n) is 7.80. The smallest absolute Gasteiger partial charge is 0.246 e. The van der Waals surface area contributed by atoms with Gasteiger partial charge in [0.15, 0.2) is 11.5 Å². The van der Waals surface area contributed by atoms with E-state index in [0.29, 0.717) is 18.0 Å². The lowest BCUT2D eigenvalue weighted by atomic mass is 9.73. The lowest BCUT2D eigenvalue weighted by molar-refractivity contribution is -0.139. The van der Waals surface area contributed by atoms with Gasteiger partial charge >= 0.3 is 0 Å². The lowest BCUT2D eigenvalue weighted by Gasteiger charge is -2.38. The first-order chi connectivity index (χ1) is 14.6. The number of nitrogens with zero attached hydrogens (tertiary/aromatic N) is 2. The number of methoxy groups -OCH3 is 3. The molecule has 0 radical (unpaired) electrons. The molecule has 158 valence electrons. The van der Waals surface area contributed by atoms with Crippen LogP contribution in [-0.4, -0.2) is 38.0 Å². The summed E-state index contributed by atoms with van der Waals surface area (Å²) in [6.45, 7) is 0.447. The number of carbonyl (C=O) groups excluding carboxylic acids is 1. The molecule has 0 unspecified atom stereocenters. The zero-order valence-corrected chi connectivity index (χ0v) is 17.8. The summed E-state index contributed by atoms with van der Waals surface area (Å²) in [7, 11) is 4.90. The van der Waals surface area contributed by atoms with Crippen molar-refractivity contribution in [3.8, 4) is 17.2 Å². The van der Waals surface area contributed by atoms with Gasteiger partial charge in [0.2, 0.25) is 5.91 Å². The van der Waals surface area contributed by atoms with E-state index in [2.05, 4.69) is 0 Å². The van der Waals surface area contributed by atoms with Gasteiger partial charge in [-0.1, -0.05) is 25.0 Å². The Morgan fingerprint density at radius 1 is 0.900 bits per heavy atom. The van der Waals surface area contributed by atoms with E-state index >= 15 is 0 Å². The van der Waals surface area contributed by atoms with Crippen LogP contribution in [0.15, 0.2) is 47.6 Å². The minimum atomic E-state index is -0.0161. The zero-order chi connectivity index (χ0) is 21.1. The molecule has 0 spiro atoms. The fraction of sp³-hybridized carbons (Fsp3) is 0.417. The number of rotatable bonds is 6. The van der Waals surface area contributed by atoms with Crippen molar-refractivity contribution in [2.75, 3.05) is 21.3 Å². The summed E-state index contributed by atoms with van der Waals surface area (Å²) < 4.78 is 16.1. The normalized spacial score (nSPS) is 21.0. The predicted octanol–water partition coefficient (Wildman–Crippen LogP) is 4.27. The van der Waals surface area contributed by atoms with E-state index in [9.17, 15) is 4.79 Å². The third kappa shape index (κ3) is 3.86. The molecule has 30 heavy (non-hydrogen) atoms. The maximum atomic E-state index is 13.2. The Labute approximate surface area is 177 Å². The predicted molar refractivity (Wildman–Crippen MR) is 115 cm³/mol. The van der Waals surface area contributed by atoms with Crippen molar-refractivity contribution in [2.24, 2.45) is 16.9 Å². The SMILES string of the molecule is COc1ccc(CN2N=C(c3ccc(OC)c(OC)c3)[C@@H]3CCCC[C@@H]3C2=O)cc1. The molecule has 0 saturated heterocycles. The highest BCUT2D eigenvalue weighted by Crippen LogP contribution is 2.39. The van der Waals surface area contributed by atoms with Gasteiger partial charge in [0, 0.05) is 17.4 Å². The number of hydrogen-bond donors (Lipinski definition) is 0. The fourth-order valence-electron chi connectivity index (χ4n) is 4.48. The van der Waals surface area contributed by atoms with Crippen LogP contribution in [0.25, 0.3) is 0 Å². The Morgan fingerprint density at radius 3 is 2.27 bits per heavy atom. The summed E-state index contributed by atoms with van der Waals surface area (Å²) in [6.07, 6.45) is 4.11. The summed E-state index contributed by atoms with van der Waals surface area (Å²) >= 11 is 0. The Morgan fingerprint density at radius 2 is 1.60 bits per heavy atom. The Hall–Kier alpha value is -3.02. The van der Waals surface area contributed by atoms with E-state index in [1.54, 1.807) is 26.3 Å². The first-order valence-electron chi connectivity index (χ1n) is 10.4. The molecule has 1 amide bonds. The average Bonchev–Trinajstić information content (AvgIpc) is 2.81. The highest BCUT2D eigenvalue weighted by atomic mass is 16.5. The second kappa shape index (κ2) is 8.78. The van der Waals surface area contributed by atoms with Crippen LogP contribution >= 0.6 is 0 Å². The van der Waals surface area contributed by atoms with Crippen molar-refractivity contribution in [2.45, 2.75) is 32.2 Å². The molecular weight excluding hydrogens is 380 g/mol. The molecule has 1 fully saturated rings. The Bertz CT molecular complexity index is 939. The van der Waals surface area contributed by atoms with E-state index in [4.69, 9.17) is 19.3 Å². The molecule has 6 nitrogen and oxygen atoms in total. The molecule has 1 saturated carbocycles. The van der Waals surface area contributed by atoms with Gasteiger partial charge in [-0.25, -0.2) is 5.01 Å². The molecule has 2 aromatic carbocycles. The third-order valence-electron chi connectivity index (χ3n) is 6.09. The topological polar surface area (TPSA) is 60.4 Å². The Kier molecular flexibility index (Phi) is 5.93. The second-order valence-corrected chi connectivity index (χ2v) is 7.80. The van der Waals surface area contributed by atoms with Crippen LogP contribution in [0.2, 0.25) is 0 Å². The number of ether oxygens (including phenoxy) is 3. The fourth-order valence-corrected chi connectivity index (χ4v) is 4.48. The molecule has 0 N–H and O–H groups in total. The van der Waals surface area contributed by atoms with Gasteiger partial charge in [-0.05, 0) is 48.7 Å². The van der Waals surface area contributed by atoms with Crippen molar-refractivity contribution in [3.05, 3.63) is 53.6 Å². The molecule has 0 bridgehead atoms. The van der Waals surface area contributed by atoms with Crippen molar-refractivity contribution in [1.82, 2.24) is 5.01 Å². The van der Waals surface area contributed by atoms with Gasteiger partial charge in [-0.3, -0.25) is 4.79 Å². The van der Waals surface area contributed by atoms with Crippen LogP contribution in [0.4, 0.5) is 0 Å². The number of benzene rings is 2. The maximum absolute atomic E-state index is 13.2. The summed E-state index contributed by atoms with van der Waals surface area (Å²) in [4.78, 5) is 13.2. The number of amides is 1. The summed E-state index contributed by atoms with van der Waals surface area (Å²) in [5.74, 6) is 2.41. The number of hydrogen-bond acceptors (Lipinski definition) is 5. The highest BCUT2D eigenvalue weighted by Gasteiger charge is 2.41. The molecule has 1 heterocycles. The molecule has 2 aromatic rings. The van der Waals surface area contributed by atoms with E-state index < -0.39 is 0 Å². The van der Waals surface area contributed by atoms with Gasteiger partial charge in [-0.15, -0.1) is 0 Å². The molecule has 2 atom stereocenters. The quantitative estimate of drug-likeness (QED) is 0.716. The molecule has 2 aliphatic rings. The summed E-state index contributed by atoms with van der Waals surface area (Å²) in [5, 5.41) is 6.50. The van der Waals surface area contributed by atoms with Crippen LogP contribution in [-0.2, 0) is 11.3 Å². The third-order valence-corrected chi connectivity index (χ3v) is 6.09. The van der Waals surface area contributed by atoms with Gasteiger partial charge in [0.1, 0.15) is 5.75 Å². The highest BCUT2D eigenvalue weighted by molar-refractivity contribution is 6.07. The van der Waals surface area contributed by atoms with Crippen molar-refractivity contribution >= 4 is 11.6 Å². The lowest BCUT2D eigenvalue weighted by Crippen LogP contribution is -2.45. The molecule has 1 aliphatic heterocycles. The summed E-state index contributed by atoms with van der Waals surface area (Å²) in [5.41, 5.74) is 2.97. The first kappa shape index (κ1) is 20.3. The van der Waals surface area contributed by atoms with Crippen LogP contribution in [0.5, 0.6) is 17.2 Å².